The van der Waals surface area contributed by atoms with E-state index < -0.39 is 0 Å². The summed E-state index contributed by atoms with van der Waals surface area (Å²) in [5, 5.41) is 10.1. The first kappa shape index (κ1) is 17.5. The average Bonchev–Trinajstić information content (AvgIpc) is 2.96. The summed E-state index contributed by atoms with van der Waals surface area (Å²) in [6.45, 7) is 4.91. The van der Waals surface area contributed by atoms with Gasteiger partial charge in [0.05, 0.1) is 31.6 Å². The maximum absolute atomic E-state index is 9.48. The number of nitrogens with zero attached hydrogens (tertiary/aromatic N) is 3. The average molecular weight is 358 g/mol. The fourth-order valence-corrected chi connectivity index (χ4v) is 2.93. The zero-order valence-corrected chi connectivity index (χ0v) is 15.0. The van der Waals surface area contributed by atoms with Gasteiger partial charge in [0.1, 0.15) is 5.82 Å². The summed E-state index contributed by atoms with van der Waals surface area (Å²) in [6.07, 6.45) is 3.48. The molecule has 0 amide bonds. The lowest BCUT2D eigenvalue weighted by Crippen LogP contribution is -2.07. The minimum atomic E-state index is -0.0492. The number of aryl methyl sites for hydroxylation is 1. The molecular formula is C19H20ClN3O2. The van der Waals surface area contributed by atoms with Crippen LogP contribution in [0.3, 0.4) is 0 Å². The Morgan fingerprint density at radius 2 is 2.04 bits per heavy atom. The van der Waals surface area contributed by atoms with E-state index in [4.69, 9.17) is 16.3 Å². The second-order valence-corrected chi connectivity index (χ2v) is 6.12. The monoisotopic (exact) mass is 357 g/mol. The number of hydrogen-bond donors (Lipinski definition) is 1. The van der Waals surface area contributed by atoms with Crippen molar-refractivity contribution < 1.29 is 9.84 Å². The summed E-state index contributed by atoms with van der Waals surface area (Å²) >= 11 is 6.14. The highest BCUT2D eigenvalue weighted by molar-refractivity contribution is 6.30. The number of imidazole rings is 1. The smallest absolute Gasteiger partial charge is 0.221 e. The van der Waals surface area contributed by atoms with E-state index in [1.807, 2.05) is 48.7 Å². The van der Waals surface area contributed by atoms with Crippen molar-refractivity contribution in [2.45, 2.75) is 27.0 Å². The normalized spacial score (nSPS) is 10.9. The zero-order valence-electron chi connectivity index (χ0n) is 14.2. The number of pyridine rings is 1. The van der Waals surface area contributed by atoms with Crippen molar-refractivity contribution in [1.29, 1.82) is 0 Å². The molecule has 5 nitrogen and oxygen atoms in total. The van der Waals surface area contributed by atoms with Crippen molar-refractivity contribution in [2.75, 3.05) is 6.61 Å². The Morgan fingerprint density at radius 3 is 2.76 bits per heavy atom. The first-order chi connectivity index (χ1) is 12.1. The number of aromatic nitrogens is 3. The highest BCUT2D eigenvalue weighted by Gasteiger charge is 2.12. The van der Waals surface area contributed by atoms with Crippen LogP contribution in [0.2, 0.25) is 5.02 Å². The SMILES string of the molecule is CCOc1ncc(Cn2c(CO)cnc2C)cc1-c1cccc(Cl)c1. The molecule has 0 fully saturated rings. The predicted octanol–water partition coefficient (Wildman–Crippen LogP) is 3.85. The lowest BCUT2D eigenvalue weighted by Gasteiger charge is -2.13. The molecule has 130 valence electrons. The van der Waals surface area contributed by atoms with Crippen LogP contribution in [0.15, 0.2) is 42.7 Å². The lowest BCUT2D eigenvalue weighted by atomic mass is 10.1. The molecule has 0 spiro atoms. The van der Waals surface area contributed by atoms with E-state index >= 15 is 0 Å². The first-order valence-corrected chi connectivity index (χ1v) is 8.49. The largest absolute Gasteiger partial charge is 0.478 e. The van der Waals surface area contributed by atoms with E-state index in [1.165, 1.54) is 0 Å². The van der Waals surface area contributed by atoms with Crippen molar-refractivity contribution >= 4 is 11.6 Å². The Kier molecular flexibility index (Phi) is 5.36. The molecule has 0 saturated heterocycles. The molecule has 0 aliphatic rings. The van der Waals surface area contributed by atoms with Crippen molar-refractivity contribution in [2.24, 2.45) is 0 Å². The molecule has 0 atom stereocenters. The summed E-state index contributed by atoms with van der Waals surface area (Å²) in [7, 11) is 0. The van der Waals surface area contributed by atoms with Crippen LogP contribution in [0.5, 0.6) is 5.88 Å². The fraction of sp³-hybridized carbons (Fsp3) is 0.263. The van der Waals surface area contributed by atoms with Gasteiger partial charge in [0, 0.05) is 16.8 Å². The van der Waals surface area contributed by atoms with Crippen molar-refractivity contribution in [3.05, 3.63) is 64.8 Å². The Labute approximate surface area is 151 Å². The Hall–Kier alpha value is -2.37. The van der Waals surface area contributed by atoms with Crippen LogP contribution in [0.1, 0.15) is 24.0 Å². The van der Waals surface area contributed by atoms with Gasteiger partial charge in [-0.15, -0.1) is 0 Å². The van der Waals surface area contributed by atoms with E-state index in [0.29, 0.717) is 24.1 Å². The molecule has 0 aliphatic carbocycles. The second-order valence-electron chi connectivity index (χ2n) is 5.68. The number of aliphatic hydroxyl groups excluding tert-OH is 1. The standard InChI is InChI=1S/C19H20ClN3O2/c1-3-25-19-18(15-5-4-6-16(20)8-15)7-14(9-22-19)11-23-13(2)21-10-17(23)12-24/h4-10,24H,3,11-12H2,1-2H3. The Balaban J connectivity index is 2.02. The zero-order chi connectivity index (χ0) is 17.8. The second kappa shape index (κ2) is 7.68. The molecule has 2 heterocycles. The third kappa shape index (κ3) is 3.83. The Bertz CT molecular complexity index is 877. The van der Waals surface area contributed by atoms with E-state index in [9.17, 15) is 5.11 Å². The number of halogens is 1. The summed E-state index contributed by atoms with van der Waals surface area (Å²) < 4.78 is 7.65. The van der Waals surface area contributed by atoms with Crippen LogP contribution in [0.4, 0.5) is 0 Å². The number of aliphatic hydroxyl groups is 1. The first-order valence-electron chi connectivity index (χ1n) is 8.12. The highest BCUT2D eigenvalue weighted by Crippen LogP contribution is 2.31. The maximum atomic E-state index is 9.48. The van der Waals surface area contributed by atoms with Gasteiger partial charge in [0.25, 0.3) is 0 Å². The molecule has 0 bridgehead atoms. The molecule has 0 saturated carbocycles. The van der Waals surface area contributed by atoms with E-state index in [1.54, 1.807) is 12.4 Å². The highest BCUT2D eigenvalue weighted by atomic mass is 35.5. The molecule has 0 unspecified atom stereocenters. The third-order valence-corrected chi connectivity index (χ3v) is 4.20. The molecule has 3 aromatic rings. The van der Waals surface area contributed by atoms with E-state index in [-0.39, 0.29) is 6.61 Å². The number of benzene rings is 1. The minimum Gasteiger partial charge on any atom is -0.478 e. The molecule has 3 rings (SSSR count). The van der Waals surface area contributed by atoms with Gasteiger partial charge in [-0.25, -0.2) is 9.97 Å². The van der Waals surface area contributed by atoms with Gasteiger partial charge in [-0.3, -0.25) is 0 Å². The minimum absolute atomic E-state index is 0.0492. The Morgan fingerprint density at radius 1 is 1.20 bits per heavy atom. The van der Waals surface area contributed by atoms with Gasteiger partial charge in [-0.2, -0.15) is 0 Å². The molecule has 2 aromatic heterocycles. The van der Waals surface area contributed by atoms with Crippen LogP contribution in [0, 0.1) is 6.92 Å². The number of ether oxygens (including phenoxy) is 1. The van der Waals surface area contributed by atoms with E-state index in [2.05, 4.69) is 9.97 Å². The topological polar surface area (TPSA) is 60.2 Å². The quantitative estimate of drug-likeness (QED) is 0.728. The van der Waals surface area contributed by atoms with Crippen molar-refractivity contribution in [1.82, 2.24) is 14.5 Å². The van der Waals surface area contributed by atoms with Gasteiger partial charge in [0.15, 0.2) is 0 Å². The summed E-state index contributed by atoms with van der Waals surface area (Å²) in [6, 6.07) is 9.67. The van der Waals surface area contributed by atoms with Crippen LogP contribution < -0.4 is 4.74 Å². The van der Waals surface area contributed by atoms with Gasteiger partial charge in [-0.1, -0.05) is 23.7 Å². The lowest BCUT2D eigenvalue weighted by molar-refractivity contribution is 0.271. The molecule has 6 heteroatoms. The van der Waals surface area contributed by atoms with E-state index in [0.717, 1.165) is 28.2 Å². The summed E-state index contributed by atoms with van der Waals surface area (Å²) in [5.74, 6) is 1.43. The summed E-state index contributed by atoms with van der Waals surface area (Å²) in [4.78, 5) is 8.74. The van der Waals surface area contributed by atoms with Crippen LogP contribution in [0.25, 0.3) is 11.1 Å². The van der Waals surface area contributed by atoms with Crippen LogP contribution in [-0.2, 0) is 13.2 Å². The van der Waals surface area contributed by atoms with Crippen molar-refractivity contribution in [3.8, 4) is 17.0 Å². The van der Waals surface area contributed by atoms with Crippen LogP contribution in [-0.4, -0.2) is 26.2 Å². The van der Waals surface area contributed by atoms with Gasteiger partial charge >= 0.3 is 0 Å². The molecular weight excluding hydrogens is 338 g/mol. The van der Waals surface area contributed by atoms with Gasteiger partial charge < -0.3 is 14.4 Å². The molecule has 0 aliphatic heterocycles. The molecule has 1 aromatic carbocycles. The van der Waals surface area contributed by atoms with Crippen LogP contribution >= 0.6 is 11.6 Å². The maximum Gasteiger partial charge on any atom is 0.221 e. The molecule has 1 N–H and O–H groups in total. The summed E-state index contributed by atoms with van der Waals surface area (Å²) in [5.41, 5.74) is 3.62. The molecule has 0 radical (unpaired) electrons. The number of hydrogen-bond acceptors (Lipinski definition) is 4. The number of rotatable bonds is 6. The fourth-order valence-electron chi connectivity index (χ4n) is 2.74. The molecule has 25 heavy (non-hydrogen) atoms. The third-order valence-electron chi connectivity index (χ3n) is 3.96. The van der Waals surface area contributed by atoms with Gasteiger partial charge in [-0.05, 0) is 43.2 Å². The van der Waals surface area contributed by atoms with Crippen molar-refractivity contribution in [3.63, 3.8) is 0 Å². The van der Waals surface area contributed by atoms with Gasteiger partial charge in [0.2, 0.25) is 5.88 Å². The predicted molar refractivity (Wildman–Crippen MR) is 97.8 cm³/mol.